The molecule has 0 saturated heterocycles. The molecule has 1 rings (SSSR count). The Labute approximate surface area is 139 Å². The van der Waals surface area contributed by atoms with E-state index in [9.17, 15) is 14.7 Å². The summed E-state index contributed by atoms with van der Waals surface area (Å²) >= 11 is 6.00. The number of halogens is 1. The van der Waals surface area contributed by atoms with Gasteiger partial charge in [0.1, 0.15) is 18.4 Å². The summed E-state index contributed by atoms with van der Waals surface area (Å²) in [6.45, 7) is 0.395. The monoisotopic (exact) mass is 345 g/mol. The molecule has 1 aromatic carbocycles. The highest BCUT2D eigenvalue weighted by atomic mass is 35.5. The van der Waals surface area contributed by atoms with E-state index < -0.39 is 17.9 Å². The first-order valence-corrected chi connectivity index (χ1v) is 7.27. The molecule has 1 aromatic rings. The Balaban J connectivity index is 2.60. The quantitative estimate of drug-likeness (QED) is 0.617. The van der Waals surface area contributed by atoms with E-state index in [1.54, 1.807) is 18.2 Å². The van der Waals surface area contributed by atoms with Crippen LogP contribution in [0.4, 0.5) is 0 Å². The van der Waals surface area contributed by atoms with Crippen LogP contribution >= 0.6 is 11.6 Å². The second kappa shape index (κ2) is 10.0. The fourth-order valence-electron chi connectivity index (χ4n) is 1.82. The third-order valence-corrected chi connectivity index (χ3v) is 3.25. The van der Waals surface area contributed by atoms with Gasteiger partial charge in [-0.25, -0.2) is 4.79 Å². The van der Waals surface area contributed by atoms with Crippen LogP contribution in [0.25, 0.3) is 0 Å². The van der Waals surface area contributed by atoms with Gasteiger partial charge in [-0.1, -0.05) is 17.7 Å². The molecule has 1 atom stereocenters. The smallest absolute Gasteiger partial charge is 0.326 e. The summed E-state index contributed by atoms with van der Waals surface area (Å²) in [5, 5.41) is 12.0. The highest BCUT2D eigenvalue weighted by molar-refractivity contribution is 6.32. The van der Waals surface area contributed by atoms with Gasteiger partial charge >= 0.3 is 5.97 Å². The first kappa shape index (κ1) is 19.2. The molecule has 2 N–H and O–H groups in total. The van der Waals surface area contributed by atoms with Crippen LogP contribution in [0.3, 0.4) is 0 Å². The minimum absolute atomic E-state index is 0.100. The lowest BCUT2D eigenvalue weighted by atomic mass is 10.1. The largest absolute Gasteiger partial charge is 0.495 e. The van der Waals surface area contributed by atoms with E-state index in [2.05, 4.69) is 5.32 Å². The molecule has 0 heterocycles. The van der Waals surface area contributed by atoms with Crippen LogP contribution in [0, 0.1) is 0 Å². The molecule has 128 valence electrons. The van der Waals surface area contributed by atoms with Crippen molar-refractivity contribution in [1.29, 1.82) is 0 Å². The maximum Gasteiger partial charge on any atom is 0.326 e. The number of carboxylic acids is 1. The molecular formula is C15H20ClNO6. The molecule has 0 aromatic heterocycles. The second-order valence-electron chi connectivity index (χ2n) is 4.68. The molecule has 0 fully saturated rings. The number of carbonyl (C=O) groups excluding carboxylic acids is 1. The van der Waals surface area contributed by atoms with E-state index in [4.69, 9.17) is 25.8 Å². The second-order valence-corrected chi connectivity index (χ2v) is 5.08. The van der Waals surface area contributed by atoms with Crippen molar-refractivity contribution in [3.05, 3.63) is 28.8 Å². The zero-order valence-corrected chi connectivity index (χ0v) is 13.8. The lowest BCUT2D eigenvalue weighted by molar-refractivity contribution is -0.142. The minimum atomic E-state index is -1.14. The fourth-order valence-corrected chi connectivity index (χ4v) is 2.10. The van der Waals surface area contributed by atoms with Crippen LogP contribution in [0.1, 0.15) is 5.56 Å². The van der Waals surface area contributed by atoms with E-state index in [0.29, 0.717) is 22.9 Å². The van der Waals surface area contributed by atoms with Gasteiger partial charge in [-0.3, -0.25) is 4.79 Å². The molecule has 0 saturated carbocycles. The van der Waals surface area contributed by atoms with Crippen molar-refractivity contribution in [3.8, 4) is 5.75 Å². The van der Waals surface area contributed by atoms with Crippen molar-refractivity contribution in [2.24, 2.45) is 0 Å². The van der Waals surface area contributed by atoms with Crippen molar-refractivity contribution in [1.82, 2.24) is 5.32 Å². The normalized spacial score (nSPS) is 11.8. The van der Waals surface area contributed by atoms with Gasteiger partial charge in [-0.05, 0) is 17.7 Å². The first-order valence-electron chi connectivity index (χ1n) is 6.89. The van der Waals surface area contributed by atoms with Crippen molar-refractivity contribution in [3.63, 3.8) is 0 Å². The lowest BCUT2D eigenvalue weighted by Gasteiger charge is -2.15. The highest BCUT2D eigenvalue weighted by Crippen LogP contribution is 2.25. The molecule has 8 heteroatoms. The number of aliphatic carboxylic acids is 1. The van der Waals surface area contributed by atoms with Gasteiger partial charge in [0, 0.05) is 13.5 Å². The number of rotatable bonds is 10. The number of ether oxygens (including phenoxy) is 3. The molecule has 23 heavy (non-hydrogen) atoms. The van der Waals surface area contributed by atoms with Crippen LogP contribution in [0.5, 0.6) is 5.75 Å². The topological polar surface area (TPSA) is 94.1 Å². The van der Waals surface area contributed by atoms with E-state index in [1.165, 1.54) is 14.2 Å². The van der Waals surface area contributed by atoms with Gasteiger partial charge in [0.25, 0.3) is 0 Å². The number of amides is 1. The van der Waals surface area contributed by atoms with Gasteiger partial charge in [-0.15, -0.1) is 0 Å². The Morgan fingerprint density at radius 1 is 1.30 bits per heavy atom. The third kappa shape index (κ3) is 6.85. The van der Waals surface area contributed by atoms with E-state index >= 15 is 0 Å². The summed E-state index contributed by atoms with van der Waals surface area (Å²) in [5.74, 6) is -1.15. The van der Waals surface area contributed by atoms with Crippen molar-refractivity contribution in [2.45, 2.75) is 12.5 Å². The number of hydrogen-bond acceptors (Lipinski definition) is 5. The number of methoxy groups -OCH3 is 2. The summed E-state index contributed by atoms with van der Waals surface area (Å²) in [6.07, 6.45) is 0.100. The van der Waals surface area contributed by atoms with Crippen LogP contribution < -0.4 is 10.1 Å². The number of hydrogen-bond donors (Lipinski definition) is 2. The third-order valence-electron chi connectivity index (χ3n) is 2.95. The van der Waals surface area contributed by atoms with Gasteiger partial charge in [-0.2, -0.15) is 0 Å². The standard InChI is InChI=1S/C15H20ClNO6/c1-21-5-6-23-9-14(18)17-12(15(19)20)8-10-3-4-13(22-2)11(16)7-10/h3-4,7,12H,5-6,8-9H2,1-2H3,(H,17,18)(H,19,20)/t12-/m0/s1. The summed E-state index contributed by atoms with van der Waals surface area (Å²) in [5.41, 5.74) is 0.670. The zero-order chi connectivity index (χ0) is 17.2. The number of nitrogens with one attached hydrogen (secondary N) is 1. The predicted octanol–water partition coefficient (Wildman–Crippen LogP) is 1.12. The summed E-state index contributed by atoms with van der Waals surface area (Å²) < 4.78 is 14.9. The number of carbonyl (C=O) groups is 2. The number of benzene rings is 1. The molecule has 0 radical (unpaired) electrons. The van der Waals surface area contributed by atoms with Gasteiger partial charge in [0.15, 0.2) is 0 Å². The average molecular weight is 346 g/mol. The van der Waals surface area contributed by atoms with Crippen LogP contribution in [0.15, 0.2) is 18.2 Å². The SMILES string of the molecule is COCCOCC(=O)N[C@@H](Cc1ccc(OC)c(Cl)c1)C(=O)O. The van der Waals surface area contributed by atoms with Crippen LogP contribution in [-0.4, -0.2) is 57.1 Å². The molecule has 0 bridgehead atoms. The first-order chi connectivity index (χ1) is 11.0. The van der Waals surface area contributed by atoms with Crippen LogP contribution in [0.2, 0.25) is 5.02 Å². The average Bonchev–Trinajstić information content (AvgIpc) is 2.51. The fraction of sp³-hybridized carbons (Fsp3) is 0.467. The van der Waals surface area contributed by atoms with Gasteiger partial charge in [0.05, 0.1) is 25.3 Å². The minimum Gasteiger partial charge on any atom is -0.495 e. The highest BCUT2D eigenvalue weighted by Gasteiger charge is 2.21. The Morgan fingerprint density at radius 3 is 2.61 bits per heavy atom. The summed E-state index contributed by atoms with van der Waals surface area (Å²) in [6, 6.07) is 3.88. The van der Waals surface area contributed by atoms with Crippen molar-refractivity contribution >= 4 is 23.5 Å². The predicted molar refractivity (Wildman–Crippen MR) is 84.0 cm³/mol. The Hall–Kier alpha value is -1.83. The van der Waals surface area contributed by atoms with E-state index in [0.717, 1.165) is 0 Å². The maximum absolute atomic E-state index is 11.7. The molecule has 1 amide bonds. The van der Waals surface area contributed by atoms with E-state index in [-0.39, 0.29) is 19.6 Å². The molecule has 0 unspecified atom stereocenters. The van der Waals surface area contributed by atoms with Crippen LogP contribution in [-0.2, 0) is 25.5 Å². The Morgan fingerprint density at radius 2 is 2.04 bits per heavy atom. The summed E-state index contributed by atoms with van der Waals surface area (Å²) in [7, 11) is 3.01. The summed E-state index contributed by atoms with van der Waals surface area (Å²) in [4.78, 5) is 23.0. The Bertz CT molecular complexity index is 537. The Kier molecular flexibility index (Phi) is 8.39. The van der Waals surface area contributed by atoms with E-state index in [1.807, 2.05) is 0 Å². The molecule has 0 spiro atoms. The molecule has 0 aliphatic heterocycles. The molecule has 7 nitrogen and oxygen atoms in total. The van der Waals surface area contributed by atoms with Gasteiger partial charge < -0.3 is 24.6 Å². The molecular weight excluding hydrogens is 326 g/mol. The van der Waals surface area contributed by atoms with Gasteiger partial charge in [0.2, 0.25) is 5.91 Å². The number of carboxylic acid groups (broad SMARTS) is 1. The maximum atomic E-state index is 11.7. The molecule has 0 aliphatic rings. The van der Waals surface area contributed by atoms with Crippen molar-refractivity contribution in [2.75, 3.05) is 34.0 Å². The lowest BCUT2D eigenvalue weighted by Crippen LogP contribution is -2.44. The van der Waals surface area contributed by atoms with Crippen molar-refractivity contribution < 1.29 is 28.9 Å². The molecule has 0 aliphatic carbocycles. The zero-order valence-electron chi connectivity index (χ0n) is 13.0.